The van der Waals surface area contributed by atoms with Gasteiger partial charge in [-0.3, -0.25) is 4.79 Å². The third-order valence-corrected chi connectivity index (χ3v) is 5.19. The summed E-state index contributed by atoms with van der Waals surface area (Å²) in [5.74, 6) is -3.50. The highest BCUT2D eigenvalue weighted by molar-refractivity contribution is 5.98. The smallest absolute Gasteiger partial charge is 0.491 e. The number of ether oxygens (including phenoxy) is 1. The molecule has 0 bridgehead atoms. The van der Waals surface area contributed by atoms with Crippen LogP contribution in [0.2, 0.25) is 0 Å². The molecule has 0 aliphatic heterocycles. The first-order chi connectivity index (χ1) is 15.9. The first-order valence-corrected chi connectivity index (χ1v) is 10.8. The first-order valence-electron chi connectivity index (χ1n) is 10.8. The molecule has 1 unspecified atom stereocenters. The van der Waals surface area contributed by atoms with Gasteiger partial charge in [-0.25, -0.2) is 4.79 Å². The van der Waals surface area contributed by atoms with E-state index in [1.165, 1.54) is 23.1 Å². The number of phenolic OH excluding ortho intramolecular Hbond substituents is 1. The molecule has 7 nitrogen and oxygen atoms in total. The van der Waals surface area contributed by atoms with Gasteiger partial charge in [-0.1, -0.05) is 13.0 Å². The number of halogens is 3. The number of anilines is 2. The second-order valence-electron chi connectivity index (χ2n) is 8.10. The predicted octanol–water partition coefficient (Wildman–Crippen LogP) is 4.75. The number of esters is 1. The third-order valence-electron chi connectivity index (χ3n) is 5.19. The molecule has 34 heavy (non-hydrogen) atoms. The van der Waals surface area contributed by atoms with E-state index < -0.39 is 23.8 Å². The number of aromatic hydroxyl groups is 1. The quantitative estimate of drug-likeness (QED) is 0.397. The maximum Gasteiger partial charge on any atom is 0.491 e. The number of phenols is 1. The van der Waals surface area contributed by atoms with Gasteiger partial charge in [-0.15, -0.1) is 0 Å². The van der Waals surface area contributed by atoms with Gasteiger partial charge in [0.2, 0.25) is 0 Å². The van der Waals surface area contributed by atoms with Crippen LogP contribution in [0.25, 0.3) is 0 Å². The number of carbonyl (C=O) groups is 2. The van der Waals surface area contributed by atoms with Gasteiger partial charge in [0.15, 0.2) is 0 Å². The summed E-state index contributed by atoms with van der Waals surface area (Å²) in [4.78, 5) is 27.7. The number of nitrogens with one attached hydrogen (secondary N) is 1. The molecule has 0 saturated heterocycles. The van der Waals surface area contributed by atoms with Crippen LogP contribution in [0.4, 0.5) is 24.5 Å². The van der Waals surface area contributed by atoms with Crippen LogP contribution in [-0.4, -0.2) is 66.7 Å². The lowest BCUT2D eigenvalue weighted by atomic mass is 9.97. The fourth-order valence-corrected chi connectivity index (χ4v) is 3.67. The van der Waals surface area contributed by atoms with E-state index in [1.54, 1.807) is 32.0 Å². The Morgan fingerprint density at radius 2 is 1.76 bits per heavy atom. The molecule has 0 aromatic heterocycles. The van der Waals surface area contributed by atoms with Crippen molar-refractivity contribution >= 4 is 23.3 Å². The van der Waals surface area contributed by atoms with Crippen LogP contribution in [0, 0.1) is 0 Å². The molecule has 0 saturated carbocycles. The minimum Gasteiger partial charge on any atom is -0.508 e. The number of amides is 1. The monoisotopic (exact) mass is 481 g/mol. The van der Waals surface area contributed by atoms with Crippen LogP contribution in [0.15, 0.2) is 36.4 Å². The molecule has 2 aromatic carbocycles. The van der Waals surface area contributed by atoms with E-state index in [0.717, 1.165) is 0 Å². The van der Waals surface area contributed by atoms with Crippen LogP contribution < -0.4 is 10.1 Å². The molecule has 2 N–H and O–H groups in total. The second kappa shape index (κ2) is 11.2. The molecule has 0 aliphatic rings. The first kappa shape index (κ1) is 27.0. The molecule has 2 rings (SSSR count). The minimum atomic E-state index is -5.22. The molecular weight excluding hydrogens is 451 g/mol. The van der Waals surface area contributed by atoms with Crippen molar-refractivity contribution in [3.63, 3.8) is 0 Å². The average molecular weight is 482 g/mol. The fraction of sp³-hybridized carbons (Fsp3) is 0.417. The summed E-state index contributed by atoms with van der Waals surface area (Å²) in [6.45, 7) is 6.70. The molecule has 0 spiro atoms. The van der Waals surface area contributed by atoms with Crippen molar-refractivity contribution in [2.45, 2.75) is 32.9 Å². The van der Waals surface area contributed by atoms with E-state index in [0.29, 0.717) is 30.9 Å². The van der Waals surface area contributed by atoms with E-state index in [1.807, 2.05) is 25.9 Å². The molecule has 0 radical (unpaired) electrons. The zero-order chi connectivity index (χ0) is 25.6. The summed E-state index contributed by atoms with van der Waals surface area (Å²) in [6, 6.07) is 8.89. The van der Waals surface area contributed by atoms with Crippen molar-refractivity contribution in [2.24, 2.45) is 0 Å². The zero-order valence-corrected chi connectivity index (χ0v) is 19.9. The third kappa shape index (κ3) is 6.63. The second-order valence-corrected chi connectivity index (χ2v) is 8.10. The summed E-state index contributed by atoms with van der Waals surface area (Å²) in [5.41, 5.74) is 1.27. The summed E-state index contributed by atoms with van der Waals surface area (Å²) < 4.78 is 43.2. The molecule has 0 heterocycles. The van der Waals surface area contributed by atoms with E-state index in [9.17, 15) is 27.9 Å². The van der Waals surface area contributed by atoms with Crippen LogP contribution in [0.1, 0.15) is 42.6 Å². The lowest BCUT2D eigenvalue weighted by Crippen LogP contribution is -2.32. The Morgan fingerprint density at radius 3 is 2.32 bits per heavy atom. The molecule has 0 fully saturated rings. The molecule has 0 aliphatic carbocycles. The topological polar surface area (TPSA) is 82.1 Å². The van der Waals surface area contributed by atoms with E-state index in [-0.39, 0.29) is 22.9 Å². The average Bonchev–Trinajstić information content (AvgIpc) is 2.73. The van der Waals surface area contributed by atoms with Gasteiger partial charge in [0.1, 0.15) is 11.5 Å². The number of hydrogen-bond acceptors (Lipinski definition) is 6. The number of nitrogens with zero attached hydrogens (tertiary/aromatic N) is 2. The number of rotatable bonds is 9. The van der Waals surface area contributed by atoms with Crippen LogP contribution >= 0.6 is 0 Å². The van der Waals surface area contributed by atoms with Gasteiger partial charge in [0.05, 0.1) is 5.56 Å². The van der Waals surface area contributed by atoms with Crippen LogP contribution in [0.3, 0.4) is 0 Å². The summed E-state index contributed by atoms with van der Waals surface area (Å²) in [6.07, 6.45) is -5.22. The number of carbonyl (C=O) groups excluding carboxylic acids is 2. The highest BCUT2D eigenvalue weighted by atomic mass is 19.4. The Hall–Kier alpha value is -3.27. The number of likely N-dealkylation sites (N-methyl/N-ethyl adjacent to an activating group) is 1. The normalized spacial score (nSPS) is 12.4. The predicted molar refractivity (Wildman–Crippen MR) is 124 cm³/mol. The summed E-state index contributed by atoms with van der Waals surface area (Å²) >= 11 is 0. The van der Waals surface area contributed by atoms with Crippen molar-refractivity contribution in [2.75, 3.05) is 39.0 Å². The van der Waals surface area contributed by atoms with Crippen molar-refractivity contribution in [3.05, 3.63) is 47.5 Å². The summed E-state index contributed by atoms with van der Waals surface area (Å²) in [5, 5.41) is 13.5. The Labute approximate surface area is 197 Å². The maximum absolute atomic E-state index is 12.9. The van der Waals surface area contributed by atoms with Gasteiger partial charge in [0.25, 0.3) is 5.91 Å². The Kier molecular flexibility index (Phi) is 8.92. The lowest BCUT2D eigenvalue weighted by Gasteiger charge is -2.23. The van der Waals surface area contributed by atoms with Gasteiger partial charge in [-0.2, -0.15) is 13.2 Å². The standard InChI is InChI=1S/C24H30F3N3O4/c1-6-30(7-2)22(32)17-12-11-16(13-20(17)34-23(33)24(25,26)27)28-18-9-8-10-19(31)21(18)15(3)14-29(4)5/h8-13,15,28,31H,6-7,14H2,1-5H3. The summed E-state index contributed by atoms with van der Waals surface area (Å²) in [7, 11) is 3.80. The number of hydrogen-bond donors (Lipinski definition) is 2. The van der Waals surface area contributed by atoms with Gasteiger partial charge in [-0.05, 0) is 58.1 Å². The van der Waals surface area contributed by atoms with Crippen molar-refractivity contribution in [3.8, 4) is 11.5 Å². The number of alkyl halides is 3. The van der Waals surface area contributed by atoms with Crippen molar-refractivity contribution in [1.82, 2.24) is 9.80 Å². The molecule has 1 atom stereocenters. The van der Waals surface area contributed by atoms with Crippen LogP contribution in [-0.2, 0) is 4.79 Å². The SMILES string of the molecule is CCN(CC)C(=O)c1ccc(Nc2cccc(O)c2C(C)CN(C)C)cc1OC(=O)C(F)(F)F. The molecule has 1 amide bonds. The van der Waals surface area contributed by atoms with Gasteiger partial charge >= 0.3 is 12.1 Å². The van der Waals surface area contributed by atoms with E-state index >= 15 is 0 Å². The molecule has 10 heteroatoms. The molecular formula is C24H30F3N3O4. The largest absolute Gasteiger partial charge is 0.508 e. The van der Waals surface area contributed by atoms with Crippen LogP contribution in [0.5, 0.6) is 11.5 Å². The number of benzene rings is 2. The fourth-order valence-electron chi connectivity index (χ4n) is 3.67. The zero-order valence-electron chi connectivity index (χ0n) is 19.9. The van der Waals surface area contributed by atoms with Gasteiger partial charge < -0.3 is 25.0 Å². The molecule has 2 aromatic rings. The minimum absolute atomic E-state index is 0.0661. The molecule has 186 valence electrons. The maximum atomic E-state index is 12.9. The van der Waals surface area contributed by atoms with E-state index in [2.05, 4.69) is 10.1 Å². The van der Waals surface area contributed by atoms with Crippen molar-refractivity contribution < 1.29 is 32.6 Å². The van der Waals surface area contributed by atoms with Gasteiger partial charge in [0, 0.05) is 42.6 Å². The van der Waals surface area contributed by atoms with Crippen molar-refractivity contribution in [1.29, 1.82) is 0 Å². The highest BCUT2D eigenvalue weighted by Gasteiger charge is 2.42. The Morgan fingerprint density at radius 1 is 1.12 bits per heavy atom. The van der Waals surface area contributed by atoms with E-state index in [4.69, 9.17) is 0 Å². The Balaban J connectivity index is 2.50. The Bertz CT molecular complexity index is 1020. The lowest BCUT2D eigenvalue weighted by molar-refractivity contribution is -0.189. The highest BCUT2D eigenvalue weighted by Crippen LogP contribution is 2.36.